The number of hydrogen-bond donors (Lipinski definition) is 0. The first-order chi connectivity index (χ1) is 4.40. The Morgan fingerprint density at radius 3 is 2.00 bits per heavy atom. The van der Waals surface area contributed by atoms with Crippen molar-refractivity contribution < 1.29 is 17.0 Å². The van der Waals surface area contributed by atoms with E-state index in [0.29, 0.717) is 6.42 Å². The van der Waals surface area contributed by atoms with E-state index in [0.717, 1.165) is 0 Å². The van der Waals surface area contributed by atoms with Crippen LogP contribution in [0.15, 0.2) is 0 Å². The molecular formula is C5H9F4P. The molecule has 62 valence electrons. The molecule has 1 heterocycles. The summed E-state index contributed by atoms with van der Waals surface area (Å²) in [5.74, 6) is -2.47. The molecular weight excluding hydrogens is 167 g/mol. The normalized spacial score (nSPS) is 41.6. The second kappa shape index (κ2) is 2.07. The van der Waals surface area contributed by atoms with Gasteiger partial charge in [-0.25, -0.2) is 0 Å². The molecule has 10 heavy (non-hydrogen) atoms. The van der Waals surface area contributed by atoms with Gasteiger partial charge in [0.15, 0.2) is 0 Å². The summed E-state index contributed by atoms with van der Waals surface area (Å²) < 4.78 is 49.4. The Morgan fingerprint density at radius 1 is 1.10 bits per heavy atom. The van der Waals surface area contributed by atoms with E-state index in [2.05, 4.69) is 0 Å². The Morgan fingerprint density at radius 2 is 1.70 bits per heavy atom. The summed E-state index contributed by atoms with van der Waals surface area (Å²) in [6.07, 6.45) is -0.632. The number of rotatable bonds is 0. The predicted molar refractivity (Wildman–Crippen MR) is 33.9 cm³/mol. The van der Waals surface area contributed by atoms with Crippen molar-refractivity contribution in [3.63, 3.8) is 0 Å². The van der Waals surface area contributed by atoms with Gasteiger partial charge in [-0.1, -0.05) is 0 Å². The molecule has 0 aromatic carbocycles. The summed E-state index contributed by atoms with van der Waals surface area (Å²) in [5.41, 5.74) is 0. The van der Waals surface area contributed by atoms with Crippen molar-refractivity contribution in [2.75, 3.05) is 6.16 Å². The van der Waals surface area contributed by atoms with E-state index in [-0.39, 0.29) is 12.8 Å². The fraction of sp³-hybridized carbons (Fsp3) is 1.00. The van der Waals surface area contributed by atoms with E-state index in [1.54, 1.807) is 0 Å². The fourth-order valence-corrected chi connectivity index (χ4v) is 2.78. The zero-order valence-electron chi connectivity index (χ0n) is 5.36. The van der Waals surface area contributed by atoms with Crippen molar-refractivity contribution in [3.05, 3.63) is 0 Å². The van der Waals surface area contributed by atoms with Crippen LogP contribution in [-0.4, -0.2) is 12.1 Å². The summed E-state index contributed by atoms with van der Waals surface area (Å²) in [7, 11) is -6.32. The summed E-state index contributed by atoms with van der Waals surface area (Å²) in [4.78, 5) is 0. The van der Waals surface area contributed by atoms with Crippen LogP contribution in [0.5, 0.6) is 0 Å². The van der Waals surface area contributed by atoms with Crippen LogP contribution in [0.25, 0.3) is 0 Å². The minimum atomic E-state index is -6.32. The molecule has 1 aliphatic heterocycles. The molecule has 1 unspecified atom stereocenters. The van der Waals surface area contributed by atoms with Gasteiger partial charge in [0.05, 0.1) is 0 Å². The predicted octanol–water partition coefficient (Wildman–Crippen LogP) is 3.67. The zero-order valence-corrected chi connectivity index (χ0v) is 6.26. The van der Waals surface area contributed by atoms with E-state index in [9.17, 15) is 17.0 Å². The third kappa shape index (κ3) is 1.42. The van der Waals surface area contributed by atoms with Gasteiger partial charge in [-0.3, -0.25) is 0 Å². The van der Waals surface area contributed by atoms with Gasteiger partial charge in [-0.2, -0.15) is 0 Å². The second-order valence-electron chi connectivity index (χ2n) is 2.68. The Balaban J connectivity index is 2.74. The molecule has 1 saturated heterocycles. The molecule has 0 radical (unpaired) electrons. The van der Waals surface area contributed by atoms with Gasteiger partial charge in [0.1, 0.15) is 0 Å². The van der Waals surface area contributed by atoms with E-state index >= 15 is 0 Å². The van der Waals surface area contributed by atoms with E-state index in [1.165, 1.54) is 0 Å². The Hall–Kier alpha value is 0.150. The van der Waals surface area contributed by atoms with Crippen LogP contribution < -0.4 is 0 Å². The number of hydrogen-bond acceptors (Lipinski definition) is 0. The second-order valence-corrected chi connectivity index (χ2v) is 5.74. The summed E-state index contributed by atoms with van der Waals surface area (Å²) in [5, 5.41) is 0. The zero-order chi connectivity index (χ0) is 7.85. The molecule has 0 aromatic heterocycles. The number of halogens is 4. The molecule has 0 nitrogen and oxygen atoms in total. The van der Waals surface area contributed by atoms with Gasteiger partial charge >= 0.3 is 55.9 Å². The van der Waals surface area contributed by atoms with Crippen LogP contribution in [0.1, 0.15) is 19.3 Å². The molecule has 0 aromatic rings. The van der Waals surface area contributed by atoms with Gasteiger partial charge in [0.25, 0.3) is 0 Å². The van der Waals surface area contributed by atoms with Crippen molar-refractivity contribution in [2.24, 2.45) is 0 Å². The van der Waals surface area contributed by atoms with Crippen LogP contribution in [0.2, 0.25) is 0 Å². The van der Waals surface area contributed by atoms with Crippen LogP contribution in [0.3, 0.4) is 0 Å². The van der Waals surface area contributed by atoms with Gasteiger partial charge in [-0.05, 0) is 0 Å². The van der Waals surface area contributed by atoms with E-state index in [4.69, 9.17) is 0 Å². The fourth-order valence-electron chi connectivity index (χ4n) is 1.07. The average molecular weight is 176 g/mol. The molecule has 1 atom stereocenters. The Labute approximate surface area is 56.9 Å². The van der Waals surface area contributed by atoms with Crippen molar-refractivity contribution in [2.45, 2.75) is 25.2 Å². The Kier molecular flexibility index (Phi) is 1.70. The molecule has 0 bridgehead atoms. The Bertz CT molecular complexity index is 138. The maximum atomic E-state index is 12.4. The molecule has 1 fully saturated rings. The topological polar surface area (TPSA) is 0 Å². The molecule has 1 aliphatic rings. The third-order valence-electron chi connectivity index (χ3n) is 1.75. The molecule has 0 aliphatic carbocycles. The molecule has 0 N–H and O–H groups in total. The standard InChI is InChI=1S/C5H9F4P/c6-5-3-1-2-4-10(5,7,8)9/h5H,1-4H2. The van der Waals surface area contributed by atoms with Crippen LogP contribution in [0.4, 0.5) is 17.0 Å². The van der Waals surface area contributed by atoms with Crippen LogP contribution in [-0.2, 0) is 0 Å². The first kappa shape index (κ1) is 8.25. The summed E-state index contributed by atoms with van der Waals surface area (Å²) in [6, 6.07) is 0. The first-order valence-corrected chi connectivity index (χ1v) is 5.37. The minimum absolute atomic E-state index is 0.127. The molecule has 5 heteroatoms. The van der Waals surface area contributed by atoms with Crippen molar-refractivity contribution >= 4 is 7.54 Å². The number of alkyl halides is 1. The molecule has 0 saturated carbocycles. The SMILES string of the molecule is FC1CCCCP1(F)(F)F. The van der Waals surface area contributed by atoms with Gasteiger partial charge in [-0.15, -0.1) is 0 Å². The monoisotopic (exact) mass is 176 g/mol. The third-order valence-corrected chi connectivity index (χ3v) is 4.12. The quantitative estimate of drug-likeness (QED) is 0.390. The van der Waals surface area contributed by atoms with Crippen LogP contribution in [0, 0.1) is 0 Å². The van der Waals surface area contributed by atoms with Crippen LogP contribution >= 0.6 is 7.54 Å². The molecule has 0 amide bonds. The van der Waals surface area contributed by atoms with E-state index < -0.39 is 19.6 Å². The molecule has 1 rings (SSSR count). The van der Waals surface area contributed by atoms with Gasteiger partial charge in [0.2, 0.25) is 0 Å². The maximum absolute atomic E-state index is 12.4. The van der Waals surface area contributed by atoms with Gasteiger partial charge < -0.3 is 0 Å². The van der Waals surface area contributed by atoms with Gasteiger partial charge in [0, 0.05) is 0 Å². The molecule has 0 spiro atoms. The first-order valence-electron chi connectivity index (χ1n) is 3.21. The van der Waals surface area contributed by atoms with Crippen molar-refractivity contribution in [3.8, 4) is 0 Å². The summed E-state index contributed by atoms with van der Waals surface area (Å²) >= 11 is 0. The average Bonchev–Trinajstić information content (AvgIpc) is 1.76. The summed E-state index contributed by atoms with van der Waals surface area (Å²) in [6.45, 7) is 0. The van der Waals surface area contributed by atoms with Crippen molar-refractivity contribution in [1.82, 2.24) is 0 Å². The van der Waals surface area contributed by atoms with E-state index in [1.807, 2.05) is 0 Å². The van der Waals surface area contributed by atoms with Crippen molar-refractivity contribution in [1.29, 1.82) is 0 Å².